The van der Waals surface area contributed by atoms with Gasteiger partial charge in [-0.05, 0) is 19.1 Å². The molecular formula is C17H19NO4S2. The number of aliphatic carboxylic acids is 1. The van der Waals surface area contributed by atoms with Gasteiger partial charge in [-0.3, -0.25) is 4.79 Å². The van der Waals surface area contributed by atoms with E-state index in [0.29, 0.717) is 5.08 Å². The monoisotopic (exact) mass is 365 g/mol. The van der Waals surface area contributed by atoms with Gasteiger partial charge >= 0.3 is 5.97 Å². The van der Waals surface area contributed by atoms with Gasteiger partial charge in [0.05, 0.1) is 18.1 Å². The van der Waals surface area contributed by atoms with Crippen molar-refractivity contribution in [2.45, 2.75) is 30.9 Å². The number of β-lactam (4-membered cyclic amide) rings is 1. The average Bonchev–Trinajstić information content (AvgIpc) is 2.78. The molecule has 0 aliphatic carbocycles. The van der Waals surface area contributed by atoms with Gasteiger partial charge in [0.1, 0.15) is 5.70 Å². The summed E-state index contributed by atoms with van der Waals surface area (Å²) in [6, 6.07) is 9.66. The van der Waals surface area contributed by atoms with Gasteiger partial charge in [-0.15, -0.1) is 23.5 Å². The van der Waals surface area contributed by atoms with Crippen LogP contribution in [0.3, 0.4) is 0 Å². The van der Waals surface area contributed by atoms with E-state index >= 15 is 0 Å². The highest BCUT2D eigenvalue weighted by Crippen LogP contribution is 2.51. The maximum atomic E-state index is 12.2. The van der Waals surface area contributed by atoms with Crippen LogP contribution in [-0.2, 0) is 9.59 Å². The Morgan fingerprint density at radius 2 is 1.96 bits per heavy atom. The van der Waals surface area contributed by atoms with Gasteiger partial charge in [-0.2, -0.15) is 0 Å². The van der Waals surface area contributed by atoms with Crippen LogP contribution in [0.15, 0.2) is 45.8 Å². The van der Waals surface area contributed by atoms with E-state index in [-0.39, 0.29) is 23.6 Å². The van der Waals surface area contributed by atoms with E-state index in [4.69, 9.17) is 0 Å². The molecule has 0 bridgehead atoms. The number of carboxylic acid groups (broad SMARTS) is 1. The Hall–Kier alpha value is -1.44. The van der Waals surface area contributed by atoms with Crippen molar-refractivity contribution in [1.82, 2.24) is 4.90 Å². The topological polar surface area (TPSA) is 77.8 Å². The Bertz CT molecular complexity index is 689. The normalized spacial score (nSPS) is 27.0. The van der Waals surface area contributed by atoms with E-state index in [1.807, 2.05) is 37.3 Å². The number of carboxylic acids is 1. The number of aliphatic hydroxyl groups is 1. The molecule has 2 N–H and O–H groups in total. The van der Waals surface area contributed by atoms with Crippen LogP contribution in [0.2, 0.25) is 0 Å². The number of amides is 1. The maximum absolute atomic E-state index is 12.2. The molecular weight excluding hydrogens is 346 g/mol. The van der Waals surface area contributed by atoms with E-state index in [1.54, 1.807) is 18.7 Å². The van der Waals surface area contributed by atoms with Crippen molar-refractivity contribution < 1.29 is 19.8 Å². The highest BCUT2D eigenvalue weighted by Gasteiger charge is 2.59. The smallest absolute Gasteiger partial charge is 0.353 e. The van der Waals surface area contributed by atoms with Gasteiger partial charge in [-0.25, -0.2) is 4.79 Å². The molecule has 1 saturated heterocycles. The van der Waals surface area contributed by atoms with Crippen LogP contribution in [0.1, 0.15) is 13.8 Å². The molecule has 1 aromatic carbocycles. The number of thioether (sulfide) groups is 2. The lowest BCUT2D eigenvalue weighted by Gasteiger charge is -2.46. The first-order chi connectivity index (χ1) is 11.4. The Labute approximate surface area is 149 Å². The molecule has 0 aromatic heterocycles. The molecule has 5 nitrogen and oxygen atoms in total. The largest absolute Gasteiger partial charge is 0.477 e. The van der Waals surface area contributed by atoms with Crippen molar-refractivity contribution in [3.05, 3.63) is 40.9 Å². The molecule has 1 fully saturated rings. The summed E-state index contributed by atoms with van der Waals surface area (Å²) in [6.07, 6.45) is -0.765. The van der Waals surface area contributed by atoms with Gasteiger partial charge in [0.25, 0.3) is 0 Å². The summed E-state index contributed by atoms with van der Waals surface area (Å²) in [4.78, 5) is 27.1. The number of fused-ring (bicyclic) bond motifs is 1. The molecule has 7 heteroatoms. The van der Waals surface area contributed by atoms with Crippen LogP contribution in [0.5, 0.6) is 0 Å². The quantitative estimate of drug-likeness (QED) is 0.458. The van der Waals surface area contributed by atoms with Crippen molar-refractivity contribution in [3.63, 3.8) is 0 Å². The van der Waals surface area contributed by atoms with Gasteiger partial charge in [0.2, 0.25) is 5.91 Å². The number of benzene rings is 1. The Balaban J connectivity index is 1.76. The molecule has 128 valence electrons. The van der Waals surface area contributed by atoms with Crippen molar-refractivity contribution in [1.29, 1.82) is 0 Å². The Morgan fingerprint density at radius 3 is 2.54 bits per heavy atom. The fraction of sp³-hybridized carbons (Fsp3) is 0.412. The number of carbonyl (C=O) groups excluding carboxylic acids is 1. The summed E-state index contributed by atoms with van der Waals surface area (Å²) in [7, 11) is 0. The first-order valence-corrected chi connectivity index (χ1v) is 9.69. The van der Waals surface area contributed by atoms with Gasteiger partial charge in [0, 0.05) is 20.8 Å². The second-order valence-electron chi connectivity index (χ2n) is 5.99. The molecule has 2 aliphatic rings. The second-order valence-corrected chi connectivity index (χ2v) is 8.42. The average molecular weight is 365 g/mol. The molecule has 2 heterocycles. The summed E-state index contributed by atoms with van der Waals surface area (Å²) in [6.45, 7) is 3.52. The lowest BCUT2D eigenvalue weighted by Crippen LogP contribution is -2.63. The molecule has 0 saturated carbocycles. The summed E-state index contributed by atoms with van der Waals surface area (Å²) >= 11 is 3.11. The summed E-state index contributed by atoms with van der Waals surface area (Å²) in [5.74, 6) is -1.94. The third kappa shape index (κ3) is 2.85. The minimum atomic E-state index is -1.08. The standard InChI is InChI=1S/C17H19NO4S2/c1-9-13-12(10(2)19)16(20)18(13)14(17(21)22)15(9)24-8-23-11-6-4-3-5-7-11/h3-7,9-10,12-13,19H,8H2,1-2H3,(H,21,22)/t9-,10-,12-,13-/m1/s1. The van der Waals surface area contributed by atoms with E-state index in [1.165, 1.54) is 16.7 Å². The SMILES string of the molecule is C[C@@H](O)[C@H]1C(=O)N2C(C(=O)O)=C(SCSc3ccccc3)[C@H](C)[C@H]12. The highest BCUT2D eigenvalue weighted by atomic mass is 32.2. The zero-order valence-electron chi connectivity index (χ0n) is 13.4. The van der Waals surface area contributed by atoms with E-state index in [2.05, 4.69) is 0 Å². The van der Waals surface area contributed by atoms with E-state index < -0.39 is 18.0 Å². The number of nitrogens with zero attached hydrogens (tertiary/aromatic N) is 1. The van der Waals surface area contributed by atoms with Crippen molar-refractivity contribution in [3.8, 4) is 0 Å². The van der Waals surface area contributed by atoms with Crippen molar-refractivity contribution >= 4 is 35.4 Å². The van der Waals surface area contributed by atoms with Crippen LogP contribution < -0.4 is 0 Å². The predicted molar refractivity (Wildman–Crippen MR) is 94.4 cm³/mol. The summed E-state index contributed by atoms with van der Waals surface area (Å²) < 4.78 is 0. The molecule has 3 rings (SSSR count). The fourth-order valence-corrected chi connectivity index (χ4v) is 5.76. The molecule has 2 aliphatic heterocycles. The van der Waals surface area contributed by atoms with Gasteiger partial charge in [0.15, 0.2) is 0 Å². The van der Waals surface area contributed by atoms with Crippen LogP contribution in [0, 0.1) is 11.8 Å². The van der Waals surface area contributed by atoms with Gasteiger partial charge in [-0.1, -0.05) is 25.1 Å². The van der Waals surface area contributed by atoms with Crippen LogP contribution in [0.4, 0.5) is 0 Å². The maximum Gasteiger partial charge on any atom is 0.353 e. The molecule has 24 heavy (non-hydrogen) atoms. The van der Waals surface area contributed by atoms with E-state index in [0.717, 1.165) is 9.80 Å². The zero-order chi connectivity index (χ0) is 17.4. The fourth-order valence-electron chi connectivity index (χ4n) is 3.39. The zero-order valence-corrected chi connectivity index (χ0v) is 15.0. The number of aliphatic hydroxyl groups excluding tert-OH is 1. The number of carbonyl (C=O) groups is 2. The summed E-state index contributed by atoms with van der Waals surface area (Å²) in [5, 5.41) is 20.0. The number of hydrogen-bond acceptors (Lipinski definition) is 5. The molecule has 0 unspecified atom stereocenters. The Kier molecular flexibility index (Phi) is 4.94. The first kappa shape index (κ1) is 17.4. The van der Waals surface area contributed by atoms with Crippen LogP contribution in [0.25, 0.3) is 0 Å². The molecule has 1 aromatic rings. The molecule has 4 atom stereocenters. The number of hydrogen-bond donors (Lipinski definition) is 2. The highest BCUT2D eigenvalue weighted by molar-refractivity contribution is 8.17. The minimum absolute atomic E-state index is 0.0743. The summed E-state index contributed by atoms with van der Waals surface area (Å²) in [5.41, 5.74) is 0.0908. The molecule has 1 amide bonds. The Morgan fingerprint density at radius 1 is 1.29 bits per heavy atom. The predicted octanol–water partition coefficient (Wildman–Crippen LogP) is 2.62. The first-order valence-electron chi connectivity index (χ1n) is 7.72. The molecule has 0 spiro atoms. The number of rotatable bonds is 6. The minimum Gasteiger partial charge on any atom is -0.477 e. The molecule has 0 radical (unpaired) electrons. The second kappa shape index (κ2) is 6.82. The lowest BCUT2D eigenvalue weighted by atomic mass is 9.79. The van der Waals surface area contributed by atoms with Crippen molar-refractivity contribution in [2.24, 2.45) is 11.8 Å². The third-order valence-electron chi connectivity index (χ3n) is 4.49. The van der Waals surface area contributed by atoms with Crippen LogP contribution in [-0.4, -0.2) is 44.2 Å². The van der Waals surface area contributed by atoms with Gasteiger partial charge < -0.3 is 15.1 Å². The third-order valence-corrected chi connectivity index (χ3v) is 6.92. The van der Waals surface area contributed by atoms with Crippen LogP contribution >= 0.6 is 23.5 Å². The van der Waals surface area contributed by atoms with E-state index in [9.17, 15) is 19.8 Å². The van der Waals surface area contributed by atoms with Crippen molar-refractivity contribution in [2.75, 3.05) is 5.08 Å². The lowest BCUT2D eigenvalue weighted by molar-refractivity contribution is -0.163.